The van der Waals surface area contributed by atoms with Crippen molar-refractivity contribution in [2.45, 2.75) is 52.5 Å². The summed E-state index contributed by atoms with van der Waals surface area (Å²) in [6.07, 6.45) is 4.83. The van der Waals surface area contributed by atoms with E-state index in [2.05, 4.69) is 23.5 Å². The molecule has 0 saturated heterocycles. The predicted molar refractivity (Wildman–Crippen MR) is 103 cm³/mol. The molecule has 1 aromatic carbocycles. The summed E-state index contributed by atoms with van der Waals surface area (Å²) < 4.78 is 4.76. The Morgan fingerprint density at radius 2 is 1.88 bits per heavy atom. The first-order chi connectivity index (χ1) is 12.4. The van der Waals surface area contributed by atoms with E-state index in [0.717, 1.165) is 12.0 Å². The van der Waals surface area contributed by atoms with E-state index >= 15 is 0 Å². The molecule has 1 N–H and O–H groups in total. The van der Waals surface area contributed by atoms with Crippen LogP contribution in [0.1, 0.15) is 56.3 Å². The Labute approximate surface area is 157 Å². The van der Waals surface area contributed by atoms with Crippen molar-refractivity contribution in [1.29, 1.82) is 0 Å². The van der Waals surface area contributed by atoms with Crippen LogP contribution in [-0.4, -0.2) is 43.5 Å². The van der Waals surface area contributed by atoms with Crippen LogP contribution in [0, 0.1) is 5.92 Å². The van der Waals surface area contributed by atoms with E-state index in [4.69, 9.17) is 4.74 Å². The highest BCUT2D eigenvalue weighted by Gasteiger charge is 2.20. The molecule has 26 heavy (non-hydrogen) atoms. The molecule has 1 aromatic rings. The molecule has 0 saturated carbocycles. The second-order valence-corrected chi connectivity index (χ2v) is 7.28. The molecule has 0 aliphatic heterocycles. The van der Waals surface area contributed by atoms with Gasteiger partial charge in [-0.3, -0.25) is 14.5 Å². The number of carbonyl (C=O) groups is 2. The Balaban J connectivity index is 1.90. The van der Waals surface area contributed by atoms with Crippen LogP contribution in [0.15, 0.2) is 18.2 Å². The van der Waals surface area contributed by atoms with Crippen LogP contribution in [-0.2, 0) is 27.2 Å². The number of ether oxygens (including phenoxy) is 1. The Hall–Kier alpha value is -1.88. The van der Waals surface area contributed by atoms with Crippen molar-refractivity contribution in [2.75, 3.05) is 26.7 Å². The number of methoxy groups -OCH3 is 1. The number of rotatable bonds is 8. The number of esters is 1. The van der Waals surface area contributed by atoms with Gasteiger partial charge in [0.15, 0.2) is 0 Å². The summed E-state index contributed by atoms with van der Waals surface area (Å²) in [7, 11) is 1.39. The van der Waals surface area contributed by atoms with Crippen molar-refractivity contribution < 1.29 is 14.3 Å². The fraction of sp³-hybridized carbons (Fsp3) is 0.619. The molecular weight excluding hydrogens is 328 g/mol. The van der Waals surface area contributed by atoms with Gasteiger partial charge in [-0.1, -0.05) is 32.0 Å². The molecule has 1 aliphatic carbocycles. The summed E-state index contributed by atoms with van der Waals surface area (Å²) in [6, 6.07) is 6.57. The minimum absolute atomic E-state index is 0.0193. The molecule has 144 valence electrons. The molecule has 0 spiro atoms. The van der Waals surface area contributed by atoms with Gasteiger partial charge in [-0.25, -0.2) is 0 Å². The zero-order valence-corrected chi connectivity index (χ0v) is 16.5. The Morgan fingerprint density at radius 3 is 2.54 bits per heavy atom. The van der Waals surface area contributed by atoms with Crippen LogP contribution in [0.5, 0.6) is 0 Å². The van der Waals surface area contributed by atoms with Crippen LogP contribution in [0.3, 0.4) is 0 Å². The molecule has 1 aliphatic rings. The fourth-order valence-corrected chi connectivity index (χ4v) is 3.56. The van der Waals surface area contributed by atoms with Crippen LogP contribution in [0.4, 0.5) is 0 Å². The number of aryl methyl sites for hydroxylation is 2. The predicted octanol–water partition coefficient (Wildman–Crippen LogP) is 2.87. The molecule has 1 amide bonds. The van der Waals surface area contributed by atoms with E-state index in [9.17, 15) is 9.59 Å². The van der Waals surface area contributed by atoms with Crippen LogP contribution in [0.25, 0.3) is 0 Å². The maximum Gasteiger partial charge on any atom is 0.309 e. The average Bonchev–Trinajstić information content (AvgIpc) is 2.65. The molecule has 5 nitrogen and oxygen atoms in total. The number of hydrogen-bond acceptors (Lipinski definition) is 4. The normalized spacial score (nSPS) is 15.9. The van der Waals surface area contributed by atoms with Crippen molar-refractivity contribution >= 4 is 11.9 Å². The summed E-state index contributed by atoms with van der Waals surface area (Å²) in [4.78, 5) is 26.0. The van der Waals surface area contributed by atoms with Gasteiger partial charge in [-0.05, 0) is 55.8 Å². The number of amides is 1. The lowest BCUT2D eigenvalue weighted by atomic mass is 9.89. The lowest BCUT2D eigenvalue weighted by molar-refractivity contribution is -0.145. The first-order valence-electron chi connectivity index (χ1n) is 9.65. The Kier molecular flexibility index (Phi) is 7.64. The summed E-state index contributed by atoms with van der Waals surface area (Å²) in [5.41, 5.74) is 4.04. The van der Waals surface area contributed by atoms with Crippen molar-refractivity contribution in [3.05, 3.63) is 34.9 Å². The Morgan fingerprint density at radius 1 is 1.19 bits per heavy atom. The quantitative estimate of drug-likeness (QED) is 0.724. The number of hydrogen-bond donors (Lipinski definition) is 1. The first kappa shape index (κ1) is 20.4. The van der Waals surface area contributed by atoms with Crippen molar-refractivity contribution in [1.82, 2.24) is 10.2 Å². The van der Waals surface area contributed by atoms with Gasteiger partial charge in [0.2, 0.25) is 5.91 Å². The lowest BCUT2D eigenvalue weighted by Crippen LogP contribution is -2.41. The monoisotopic (exact) mass is 360 g/mol. The zero-order chi connectivity index (χ0) is 19.1. The number of fused-ring (bicyclic) bond motifs is 1. The van der Waals surface area contributed by atoms with Gasteiger partial charge in [-0.2, -0.15) is 0 Å². The van der Waals surface area contributed by atoms with Gasteiger partial charge in [0.25, 0.3) is 0 Å². The lowest BCUT2D eigenvalue weighted by Gasteiger charge is -2.24. The average molecular weight is 360 g/mol. The highest BCUT2D eigenvalue weighted by atomic mass is 16.5. The molecule has 5 heteroatoms. The van der Waals surface area contributed by atoms with Gasteiger partial charge in [0.05, 0.1) is 25.6 Å². The fourth-order valence-electron chi connectivity index (χ4n) is 3.56. The third kappa shape index (κ3) is 5.56. The highest BCUT2D eigenvalue weighted by Crippen LogP contribution is 2.24. The Bertz CT molecular complexity index is 630. The molecule has 0 heterocycles. The summed E-state index contributed by atoms with van der Waals surface area (Å²) in [5.74, 6) is -0.508. The molecule has 2 atom stereocenters. The number of likely N-dealkylation sites (N-methyl/N-ethyl adjacent to an activating group) is 1. The van der Waals surface area contributed by atoms with Crippen molar-refractivity contribution in [2.24, 2.45) is 5.92 Å². The SMILES string of the molecule is CCN(CC(=O)NC(C)c1ccc2c(c1)CCCC2)CC(C)C(=O)OC. The summed E-state index contributed by atoms with van der Waals surface area (Å²) in [6.45, 7) is 7.35. The van der Waals surface area contributed by atoms with E-state index < -0.39 is 0 Å². The minimum atomic E-state index is -0.245. The van der Waals surface area contributed by atoms with Gasteiger partial charge >= 0.3 is 5.97 Å². The van der Waals surface area contributed by atoms with Crippen LogP contribution in [0.2, 0.25) is 0 Å². The van der Waals surface area contributed by atoms with E-state index in [1.807, 2.05) is 25.7 Å². The van der Waals surface area contributed by atoms with Gasteiger partial charge in [0.1, 0.15) is 0 Å². The van der Waals surface area contributed by atoms with Crippen LogP contribution >= 0.6 is 0 Å². The van der Waals surface area contributed by atoms with Gasteiger partial charge in [0, 0.05) is 6.54 Å². The first-order valence-corrected chi connectivity index (χ1v) is 9.65. The molecular formula is C21H32N2O3. The van der Waals surface area contributed by atoms with Gasteiger partial charge in [-0.15, -0.1) is 0 Å². The molecule has 2 rings (SSSR count). The summed E-state index contributed by atoms with van der Waals surface area (Å²) in [5, 5.41) is 3.09. The standard InChI is InChI=1S/C21H32N2O3/c1-5-23(13-15(2)21(25)26-4)14-20(24)22-16(3)18-11-10-17-8-6-7-9-19(17)12-18/h10-12,15-16H,5-9,13-14H2,1-4H3,(H,22,24). The van der Waals surface area contributed by atoms with E-state index in [1.54, 1.807) is 0 Å². The largest absolute Gasteiger partial charge is 0.469 e. The van der Waals surface area contributed by atoms with E-state index in [1.165, 1.54) is 37.5 Å². The van der Waals surface area contributed by atoms with E-state index in [-0.39, 0.29) is 30.4 Å². The number of nitrogens with zero attached hydrogens (tertiary/aromatic N) is 1. The minimum Gasteiger partial charge on any atom is -0.469 e. The smallest absolute Gasteiger partial charge is 0.309 e. The molecule has 2 unspecified atom stereocenters. The van der Waals surface area contributed by atoms with E-state index in [0.29, 0.717) is 13.1 Å². The van der Waals surface area contributed by atoms with Gasteiger partial charge < -0.3 is 10.1 Å². The second-order valence-electron chi connectivity index (χ2n) is 7.28. The molecule has 0 radical (unpaired) electrons. The summed E-state index contributed by atoms with van der Waals surface area (Å²) >= 11 is 0. The number of nitrogens with one attached hydrogen (secondary N) is 1. The third-order valence-corrected chi connectivity index (χ3v) is 5.20. The van der Waals surface area contributed by atoms with Crippen molar-refractivity contribution in [3.8, 4) is 0 Å². The molecule has 0 aromatic heterocycles. The highest BCUT2D eigenvalue weighted by molar-refractivity contribution is 5.78. The molecule has 0 bridgehead atoms. The van der Waals surface area contributed by atoms with Crippen molar-refractivity contribution in [3.63, 3.8) is 0 Å². The zero-order valence-electron chi connectivity index (χ0n) is 16.5. The number of carbonyl (C=O) groups excluding carboxylic acids is 2. The number of benzene rings is 1. The van der Waals surface area contributed by atoms with Crippen LogP contribution < -0.4 is 5.32 Å². The maximum atomic E-state index is 12.4. The third-order valence-electron chi connectivity index (χ3n) is 5.20. The second kappa shape index (κ2) is 9.72. The molecule has 0 fully saturated rings. The topological polar surface area (TPSA) is 58.6 Å². The maximum absolute atomic E-state index is 12.4.